The quantitative estimate of drug-likeness (QED) is 0.550. The highest BCUT2D eigenvalue weighted by Crippen LogP contribution is 2.54. The topological polar surface area (TPSA) is 66.9 Å². The van der Waals surface area contributed by atoms with Gasteiger partial charge in [0.2, 0.25) is 0 Å². The maximum absolute atomic E-state index is 9.95. The van der Waals surface area contributed by atoms with E-state index in [1.165, 1.54) is 38.5 Å². The molecule has 1 aliphatic carbocycles. The monoisotopic (exact) mass is 292 g/mol. The zero-order valence-electron chi connectivity index (χ0n) is 12.2. The Morgan fingerprint density at radius 1 is 1.21 bits per heavy atom. The predicted octanol–water partition coefficient (Wildman–Crippen LogP) is 3.42. The highest BCUT2D eigenvalue weighted by Gasteiger charge is 2.45. The normalized spacial score (nSPS) is 23.4. The Balaban J connectivity index is 0.000000203. The summed E-state index contributed by atoms with van der Waals surface area (Å²) in [6.45, 7) is 5.20. The third-order valence-electron chi connectivity index (χ3n) is 3.84. The lowest BCUT2D eigenvalue weighted by molar-refractivity contribution is 0.323. The van der Waals surface area contributed by atoms with Gasteiger partial charge in [-0.2, -0.15) is 8.42 Å². The van der Waals surface area contributed by atoms with Gasteiger partial charge in [-0.1, -0.05) is 33.1 Å². The Morgan fingerprint density at radius 3 is 2.11 bits per heavy atom. The van der Waals surface area contributed by atoms with Crippen LogP contribution in [0.4, 0.5) is 0 Å². The van der Waals surface area contributed by atoms with Crippen molar-refractivity contribution in [3.8, 4) is 0 Å². The van der Waals surface area contributed by atoms with Gasteiger partial charge in [0.15, 0.2) is 0 Å². The van der Waals surface area contributed by atoms with Gasteiger partial charge in [0.25, 0.3) is 10.1 Å². The highest BCUT2D eigenvalue weighted by atomic mass is 32.2. The van der Waals surface area contributed by atoms with Crippen molar-refractivity contribution >= 4 is 10.1 Å². The molecule has 0 aromatic carbocycles. The molecule has 1 aliphatic heterocycles. The number of ether oxygens (including phenoxy) is 1. The van der Waals surface area contributed by atoms with Gasteiger partial charge in [0.05, 0.1) is 18.5 Å². The van der Waals surface area contributed by atoms with Crippen LogP contribution in [-0.2, 0) is 14.9 Å². The summed E-state index contributed by atoms with van der Waals surface area (Å²) in [6.07, 6.45) is 10.6. The molecule has 0 spiro atoms. The second-order valence-electron chi connectivity index (χ2n) is 5.90. The van der Waals surface area contributed by atoms with Crippen molar-refractivity contribution in [3.05, 3.63) is 0 Å². The number of hydrogen-bond donors (Lipinski definition) is 1. The minimum absolute atomic E-state index is 0.108. The van der Waals surface area contributed by atoms with E-state index in [1.807, 2.05) is 6.92 Å². The maximum atomic E-state index is 9.95. The lowest BCUT2D eigenvalue weighted by atomic mass is 9.94. The summed E-state index contributed by atoms with van der Waals surface area (Å²) in [4.78, 5) is 0. The van der Waals surface area contributed by atoms with Crippen LogP contribution in [0.3, 0.4) is 0 Å². The largest absolute Gasteiger partial charge is 0.373 e. The van der Waals surface area contributed by atoms with E-state index >= 15 is 0 Å². The Kier molecular flexibility index (Phi) is 6.77. The van der Waals surface area contributed by atoms with Crippen molar-refractivity contribution < 1.29 is 17.7 Å². The molecule has 1 unspecified atom stereocenters. The molecule has 0 amide bonds. The average molecular weight is 292 g/mol. The van der Waals surface area contributed by atoms with Gasteiger partial charge < -0.3 is 4.74 Å². The van der Waals surface area contributed by atoms with Gasteiger partial charge in [-0.25, -0.2) is 0 Å². The van der Waals surface area contributed by atoms with Crippen molar-refractivity contribution in [3.63, 3.8) is 0 Å². The van der Waals surface area contributed by atoms with Crippen LogP contribution < -0.4 is 0 Å². The summed E-state index contributed by atoms with van der Waals surface area (Å²) in [5.41, 5.74) is 0.761. The molecule has 0 radical (unpaired) electrons. The standard InChI is InChI=1S/C10H18O.C4H10O3S/c1-2-3-4-10(5-6-10)7-9-8-11-9;1-2-3-4-8(5,6)7/h9H,2-8H2,1H3;2-4H2,1H3,(H,5,6,7). The maximum Gasteiger partial charge on any atom is 0.264 e. The minimum atomic E-state index is -3.69. The van der Waals surface area contributed by atoms with E-state index in [0.29, 0.717) is 12.5 Å². The molecule has 1 N–H and O–H groups in total. The summed E-state index contributed by atoms with van der Waals surface area (Å²) in [5.74, 6) is -0.108. The first-order valence-electron chi connectivity index (χ1n) is 7.47. The molecule has 0 aromatic rings. The molecule has 5 heteroatoms. The van der Waals surface area contributed by atoms with Crippen molar-refractivity contribution in [1.29, 1.82) is 0 Å². The molecule has 114 valence electrons. The zero-order chi connectivity index (χ0) is 14.4. The van der Waals surface area contributed by atoms with Gasteiger partial charge in [-0.3, -0.25) is 4.55 Å². The molecular formula is C14H28O4S. The van der Waals surface area contributed by atoms with Crippen LogP contribution in [0.5, 0.6) is 0 Å². The number of epoxide rings is 1. The Hall–Kier alpha value is -0.130. The zero-order valence-corrected chi connectivity index (χ0v) is 13.0. The molecule has 2 rings (SSSR count). The second kappa shape index (κ2) is 7.60. The van der Waals surface area contributed by atoms with Gasteiger partial charge in [0.1, 0.15) is 0 Å². The van der Waals surface area contributed by atoms with Crippen molar-refractivity contribution in [2.24, 2.45) is 5.41 Å². The van der Waals surface area contributed by atoms with Gasteiger partial charge in [-0.05, 0) is 37.5 Å². The molecule has 1 heterocycles. The van der Waals surface area contributed by atoms with E-state index in [0.717, 1.165) is 18.4 Å². The summed E-state index contributed by atoms with van der Waals surface area (Å²) in [5, 5.41) is 0. The molecule has 2 fully saturated rings. The summed E-state index contributed by atoms with van der Waals surface area (Å²) >= 11 is 0. The molecule has 1 atom stereocenters. The van der Waals surface area contributed by atoms with Crippen molar-refractivity contribution in [2.45, 2.75) is 71.3 Å². The second-order valence-corrected chi connectivity index (χ2v) is 7.47. The fraction of sp³-hybridized carbons (Fsp3) is 1.00. The van der Waals surface area contributed by atoms with Crippen LogP contribution in [-0.4, -0.2) is 31.4 Å². The van der Waals surface area contributed by atoms with Crippen LogP contribution in [0.1, 0.15) is 65.2 Å². The van der Waals surface area contributed by atoms with Crippen LogP contribution in [0.15, 0.2) is 0 Å². The lowest BCUT2D eigenvalue weighted by Crippen LogP contribution is -2.04. The summed E-state index contributed by atoms with van der Waals surface area (Å²) in [6, 6.07) is 0. The fourth-order valence-corrected chi connectivity index (χ4v) is 2.93. The van der Waals surface area contributed by atoms with E-state index in [9.17, 15) is 8.42 Å². The number of rotatable bonds is 8. The smallest absolute Gasteiger partial charge is 0.264 e. The van der Waals surface area contributed by atoms with E-state index < -0.39 is 10.1 Å². The summed E-state index contributed by atoms with van der Waals surface area (Å²) in [7, 11) is -3.69. The molecule has 1 saturated heterocycles. The Morgan fingerprint density at radius 2 is 1.79 bits per heavy atom. The van der Waals surface area contributed by atoms with E-state index in [1.54, 1.807) is 0 Å². The first-order chi connectivity index (χ1) is 8.91. The molecule has 1 saturated carbocycles. The van der Waals surface area contributed by atoms with E-state index in [-0.39, 0.29) is 5.75 Å². The highest BCUT2D eigenvalue weighted by molar-refractivity contribution is 7.85. The van der Waals surface area contributed by atoms with Crippen LogP contribution >= 0.6 is 0 Å². The predicted molar refractivity (Wildman–Crippen MR) is 76.9 cm³/mol. The van der Waals surface area contributed by atoms with Crippen molar-refractivity contribution in [1.82, 2.24) is 0 Å². The van der Waals surface area contributed by atoms with E-state index in [4.69, 9.17) is 9.29 Å². The SMILES string of the molecule is CCCCC1(CC2CO2)CC1.CCCCS(=O)(=O)O. The van der Waals surface area contributed by atoms with E-state index in [2.05, 4.69) is 6.92 Å². The minimum Gasteiger partial charge on any atom is -0.373 e. The third-order valence-corrected chi connectivity index (χ3v) is 4.64. The van der Waals surface area contributed by atoms with Gasteiger partial charge in [-0.15, -0.1) is 0 Å². The third kappa shape index (κ3) is 8.60. The molecular weight excluding hydrogens is 264 g/mol. The van der Waals surface area contributed by atoms with Crippen LogP contribution in [0.2, 0.25) is 0 Å². The lowest BCUT2D eigenvalue weighted by Gasteiger charge is -2.11. The molecule has 19 heavy (non-hydrogen) atoms. The van der Waals surface area contributed by atoms with Crippen LogP contribution in [0, 0.1) is 5.41 Å². The molecule has 0 bridgehead atoms. The van der Waals surface area contributed by atoms with Gasteiger partial charge >= 0.3 is 0 Å². The van der Waals surface area contributed by atoms with Crippen molar-refractivity contribution in [2.75, 3.05) is 12.4 Å². The molecule has 0 aromatic heterocycles. The number of hydrogen-bond acceptors (Lipinski definition) is 3. The number of unbranched alkanes of at least 4 members (excludes halogenated alkanes) is 2. The average Bonchev–Trinajstić information content (AvgIpc) is 3.24. The fourth-order valence-electron chi connectivity index (χ4n) is 2.28. The first-order valence-corrected chi connectivity index (χ1v) is 9.08. The Labute approximate surface area is 117 Å². The summed E-state index contributed by atoms with van der Waals surface area (Å²) < 4.78 is 33.3. The Bertz CT molecular complexity index is 342. The first kappa shape index (κ1) is 16.9. The molecule has 4 nitrogen and oxygen atoms in total. The van der Waals surface area contributed by atoms with Gasteiger partial charge in [0, 0.05) is 0 Å². The van der Waals surface area contributed by atoms with Crippen LogP contribution in [0.25, 0.3) is 0 Å². The molecule has 2 aliphatic rings.